The molecule has 2 aromatic carbocycles. The van der Waals surface area contributed by atoms with Crippen LogP contribution < -0.4 is 10.3 Å². The number of fused-ring (bicyclic) bond motifs is 1. The number of hydrogen-bond acceptors (Lipinski definition) is 2. The van der Waals surface area contributed by atoms with Crippen LogP contribution in [-0.2, 0) is 0 Å². The van der Waals surface area contributed by atoms with Gasteiger partial charge in [0.15, 0.2) is 11.8 Å². The molecule has 0 saturated carbocycles. The lowest BCUT2D eigenvalue weighted by Crippen LogP contribution is -2.46. The van der Waals surface area contributed by atoms with E-state index in [0.717, 1.165) is 10.9 Å². The molecular weight excluding hydrogens is 297 g/mol. The fraction of sp³-hybridized carbons (Fsp3) is 0.0667. The Morgan fingerprint density at radius 3 is 2.50 bits per heavy atom. The molecule has 0 spiro atoms. The van der Waals surface area contributed by atoms with Crippen LogP contribution in [-0.4, -0.2) is 0 Å². The highest BCUT2D eigenvalue weighted by Gasteiger charge is 2.17. The van der Waals surface area contributed by atoms with Crippen molar-refractivity contribution in [3.63, 3.8) is 0 Å². The van der Waals surface area contributed by atoms with Gasteiger partial charge >= 0.3 is 5.76 Å². The average molecular weight is 307 g/mol. The molecule has 1 aromatic heterocycles. The van der Waals surface area contributed by atoms with Crippen LogP contribution in [0.15, 0.2) is 51.8 Å². The molecule has 1 heterocycles. The predicted octanol–water partition coefficient (Wildman–Crippen LogP) is 3.68. The Bertz CT molecular complexity index is 851. The van der Waals surface area contributed by atoms with E-state index in [2.05, 4.69) is 0 Å². The van der Waals surface area contributed by atoms with E-state index >= 15 is 0 Å². The maximum Gasteiger partial charge on any atom is 0.608 e. The highest BCUT2D eigenvalue weighted by atomic mass is 35.5. The molecule has 20 heavy (non-hydrogen) atoms. The van der Waals surface area contributed by atoms with Gasteiger partial charge < -0.3 is 4.42 Å². The van der Waals surface area contributed by atoms with E-state index in [1.54, 1.807) is 24.4 Å². The number of rotatable bonds is 1. The normalized spacial score (nSPS) is 10.9. The van der Waals surface area contributed by atoms with Gasteiger partial charge in [-0.15, -0.1) is 0 Å². The maximum absolute atomic E-state index is 12.1. The fourth-order valence-corrected chi connectivity index (χ4v) is 2.62. The van der Waals surface area contributed by atoms with Crippen molar-refractivity contribution in [2.24, 2.45) is 0 Å². The standard InChI is InChI=1S/C15H10Cl2NO2/c1-9-3-2-4-10-8-18(15(19)20-14(9)10)13-6-11(16)5-12(17)7-13/h2-8H,1H3/q+1. The third kappa shape index (κ3) is 2.30. The summed E-state index contributed by atoms with van der Waals surface area (Å²) >= 11 is 11.9. The number of para-hydroxylation sites is 1. The quantitative estimate of drug-likeness (QED) is 0.643. The zero-order valence-electron chi connectivity index (χ0n) is 10.6. The minimum atomic E-state index is -0.481. The molecule has 0 aliphatic carbocycles. The Balaban J connectivity index is 2.31. The molecule has 3 aromatic rings. The van der Waals surface area contributed by atoms with Crippen LogP contribution in [0, 0.1) is 6.92 Å². The SMILES string of the molecule is Cc1cccc2c[n+](-c3cc(Cl)cc(Cl)c3)c(=O)oc12. The topological polar surface area (TPSA) is 34.1 Å². The zero-order valence-corrected chi connectivity index (χ0v) is 12.1. The molecule has 3 nitrogen and oxygen atoms in total. The molecule has 0 amide bonds. The lowest BCUT2D eigenvalue weighted by Gasteiger charge is -2.00. The monoisotopic (exact) mass is 306 g/mol. The summed E-state index contributed by atoms with van der Waals surface area (Å²) in [5, 5.41) is 1.76. The Morgan fingerprint density at radius 2 is 1.80 bits per heavy atom. The van der Waals surface area contributed by atoms with Crippen molar-refractivity contribution in [1.29, 1.82) is 0 Å². The molecule has 0 fully saturated rings. The van der Waals surface area contributed by atoms with Gasteiger partial charge in [0.25, 0.3) is 0 Å². The van der Waals surface area contributed by atoms with E-state index in [1.165, 1.54) is 4.57 Å². The van der Waals surface area contributed by atoms with E-state index in [4.69, 9.17) is 27.6 Å². The van der Waals surface area contributed by atoms with Gasteiger partial charge in [0.1, 0.15) is 0 Å². The number of aromatic nitrogens is 1. The van der Waals surface area contributed by atoms with Crippen LogP contribution in [0.2, 0.25) is 10.0 Å². The first kappa shape index (κ1) is 13.2. The van der Waals surface area contributed by atoms with Gasteiger partial charge in [-0.05, 0) is 24.6 Å². The minimum Gasteiger partial charge on any atom is -0.371 e. The Morgan fingerprint density at radius 1 is 1.10 bits per heavy atom. The third-order valence-corrected chi connectivity index (χ3v) is 3.46. The van der Waals surface area contributed by atoms with Gasteiger partial charge in [0, 0.05) is 22.2 Å². The van der Waals surface area contributed by atoms with Crippen molar-refractivity contribution in [3.05, 3.63) is 68.8 Å². The van der Waals surface area contributed by atoms with E-state index in [1.807, 2.05) is 25.1 Å². The van der Waals surface area contributed by atoms with Crippen LogP contribution in [0.4, 0.5) is 0 Å². The van der Waals surface area contributed by atoms with Crippen molar-refractivity contribution in [3.8, 4) is 5.69 Å². The van der Waals surface area contributed by atoms with Gasteiger partial charge in [0.2, 0.25) is 5.69 Å². The molecule has 0 unspecified atom stereocenters. The highest BCUT2D eigenvalue weighted by molar-refractivity contribution is 6.34. The maximum atomic E-state index is 12.1. The second-order valence-corrected chi connectivity index (χ2v) is 5.36. The molecular formula is C15H10Cl2NO2+. The Labute approximate surface area is 125 Å². The van der Waals surface area contributed by atoms with Gasteiger partial charge in [-0.3, -0.25) is 0 Å². The molecule has 100 valence electrons. The highest BCUT2D eigenvalue weighted by Crippen LogP contribution is 2.19. The van der Waals surface area contributed by atoms with Gasteiger partial charge in [-0.25, -0.2) is 0 Å². The largest absolute Gasteiger partial charge is 0.608 e. The predicted molar refractivity (Wildman–Crippen MR) is 78.8 cm³/mol. The summed E-state index contributed by atoms with van der Waals surface area (Å²) in [6, 6.07) is 10.6. The van der Waals surface area contributed by atoms with Crippen LogP contribution >= 0.6 is 23.2 Å². The van der Waals surface area contributed by atoms with Crippen molar-refractivity contribution in [1.82, 2.24) is 0 Å². The van der Waals surface area contributed by atoms with E-state index in [0.29, 0.717) is 21.3 Å². The van der Waals surface area contributed by atoms with E-state index in [9.17, 15) is 4.79 Å². The molecule has 0 aliphatic heterocycles. The van der Waals surface area contributed by atoms with Gasteiger partial charge in [0.05, 0.1) is 5.39 Å². The minimum absolute atomic E-state index is 0.462. The second-order valence-electron chi connectivity index (χ2n) is 4.49. The van der Waals surface area contributed by atoms with Crippen LogP contribution in [0.3, 0.4) is 0 Å². The van der Waals surface area contributed by atoms with E-state index in [-0.39, 0.29) is 0 Å². The van der Waals surface area contributed by atoms with Gasteiger partial charge in [-0.1, -0.05) is 39.9 Å². The number of aryl methyl sites for hydroxylation is 1. The molecule has 0 radical (unpaired) electrons. The zero-order chi connectivity index (χ0) is 14.3. The number of nitrogens with zero attached hydrogens (tertiary/aromatic N) is 1. The first-order chi connectivity index (χ1) is 9.54. The van der Waals surface area contributed by atoms with E-state index < -0.39 is 5.76 Å². The number of hydrogen-bond donors (Lipinski definition) is 0. The summed E-state index contributed by atoms with van der Waals surface area (Å²) in [7, 11) is 0. The molecule has 0 aliphatic rings. The Hall–Kier alpha value is -1.84. The summed E-state index contributed by atoms with van der Waals surface area (Å²) in [4.78, 5) is 12.1. The summed E-state index contributed by atoms with van der Waals surface area (Å²) in [6.45, 7) is 1.89. The smallest absolute Gasteiger partial charge is 0.371 e. The fourth-order valence-electron chi connectivity index (χ4n) is 2.10. The Kier molecular flexibility index (Phi) is 3.24. The van der Waals surface area contributed by atoms with Crippen molar-refractivity contribution in [2.75, 3.05) is 0 Å². The lowest BCUT2D eigenvalue weighted by molar-refractivity contribution is -0.623. The number of halogens is 2. The molecule has 3 rings (SSSR count). The average Bonchev–Trinajstić information content (AvgIpc) is 2.38. The third-order valence-electron chi connectivity index (χ3n) is 3.02. The molecule has 0 saturated heterocycles. The first-order valence-electron chi connectivity index (χ1n) is 5.96. The lowest BCUT2D eigenvalue weighted by atomic mass is 10.2. The van der Waals surface area contributed by atoms with Crippen molar-refractivity contribution >= 4 is 34.2 Å². The van der Waals surface area contributed by atoms with Crippen LogP contribution in [0.1, 0.15) is 5.56 Å². The van der Waals surface area contributed by atoms with Crippen LogP contribution in [0.25, 0.3) is 16.7 Å². The second kappa shape index (κ2) is 4.93. The summed E-state index contributed by atoms with van der Waals surface area (Å²) in [5.41, 5.74) is 2.07. The molecule has 5 heteroatoms. The summed E-state index contributed by atoms with van der Waals surface area (Å²) in [5.74, 6) is -0.481. The first-order valence-corrected chi connectivity index (χ1v) is 6.72. The molecule has 0 N–H and O–H groups in total. The van der Waals surface area contributed by atoms with Gasteiger partial charge in [-0.2, -0.15) is 4.79 Å². The number of benzene rings is 2. The molecule has 0 atom stereocenters. The van der Waals surface area contributed by atoms with Crippen LogP contribution in [0.5, 0.6) is 0 Å². The molecule has 0 bridgehead atoms. The summed E-state index contributed by atoms with van der Waals surface area (Å²) in [6.07, 6.45) is 1.72. The van der Waals surface area contributed by atoms with Crippen molar-refractivity contribution < 1.29 is 8.98 Å². The summed E-state index contributed by atoms with van der Waals surface area (Å²) < 4.78 is 6.77. The van der Waals surface area contributed by atoms with Crippen molar-refractivity contribution in [2.45, 2.75) is 6.92 Å².